The molecule has 2 aliphatic rings. The van der Waals surface area contributed by atoms with E-state index >= 15 is 0 Å². The van der Waals surface area contributed by atoms with Crippen LogP contribution >= 0.6 is 0 Å². The van der Waals surface area contributed by atoms with Crippen LogP contribution in [0.1, 0.15) is 20.8 Å². The summed E-state index contributed by atoms with van der Waals surface area (Å²) in [5.74, 6) is -1.39. The van der Waals surface area contributed by atoms with Gasteiger partial charge in [-0.15, -0.1) is 5.06 Å². The van der Waals surface area contributed by atoms with Crippen molar-refractivity contribution in [2.45, 2.75) is 39.1 Å². The fourth-order valence-corrected chi connectivity index (χ4v) is 2.29. The number of carbonyl (C=O) groups excluding carboxylic acids is 1. The highest BCUT2D eigenvalue weighted by atomic mass is 16.6. The third kappa shape index (κ3) is 2.39. The van der Waals surface area contributed by atoms with Gasteiger partial charge in [0.05, 0.1) is 11.6 Å². The maximum absolute atomic E-state index is 11.3. The summed E-state index contributed by atoms with van der Waals surface area (Å²) in [7, 11) is 0. The van der Waals surface area contributed by atoms with Gasteiger partial charge in [0.25, 0.3) is 0 Å². The number of ether oxygens (including phenoxy) is 2. The third-order valence-electron chi connectivity index (χ3n) is 3.17. The van der Waals surface area contributed by atoms with Crippen molar-refractivity contribution in [2.24, 2.45) is 4.99 Å². The van der Waals surface area contributed by atoms with Crippen molar-refractivity contribution in [3.8, 4) is 0 Å². The first-order valence-corrected chi connectivity index (χ1v) is 6.07. The second-order valence-corrected chi connectivity index (χ2v) is 4.85. The van der Waals surface area contributed by atoms with Crippen molar-refractivity contribution in [3.05, 3.63) is 11.1 Å². The Morgan fingerprint density at radius 2 is 2.05 bits per heavy atom. The number of carboxylic acid groups (broad SMARTS) is 1. The van der Waals surface area contributed by atoms with Crippen molar-refractivity contribution in [1.82, 2.24) is 5.06 Å². The summed E-state index contributed by atoms with van der Waals surface area (Å²) in [4.78, 5) is 26.1. The van der Waals surface area contributed by atoms with Gasteiger partial charge in [0.1, 0.15) is 6.04 Å². The minimum absolute atomic E-state index is 0.0924. The topological polar surface area (TPSA) is 109 Å². The molecule has 2 N–H and O–H groups in total. The van der Waals surface area contributed by atoms with Crippen LogP contribution in [0.2, 0.25) is 0 Å². The van der Waals surface area contributed by atoms with E-state index in [1.165, 1.54) is 6.92 Å². The van der Waals surface area contributed by atoms with Crippen molar-refractivity contribution >= 4 is 17.8 Å². The average molecular weight is 284 g/mol. The molecule has 0 amide bonds. The van der Waals surface area contributed by atoms with E-state index in [1.54, 1.807) is 13.8 Å². The molecule has 1 fully saturated rings. The molecule has 0 saturated carbocycles. The lowest BCUT2D eigenvalue weighted by atomic mass is 9.88. The normalized spacial score (nSPS) is 27.8. The van der Waals surface area contributed by atoms with Gasteiger partial charge in [0, 0.05) is 6.92 Å². The van der Waals surface area contributed by atoms with Crippen LogP contribution in [0.25, 0.3) is 0 Å². The van der Waals surface area contributed by atoms with E-state index < -0.39 is 30.3 Å². The average Bonchev–Trinajstić information content (AvgIpc) is 2.71. The number of hydrogen-bond acceptors (Lipinski definition) is 7. The Morgan fingerprint density at radius 3 is 2.55 bits per heavy atom. The number of aliphatic imine (C=N–C) groups is 1. The Labute approximate surface area is 115 Å². The van der Waals surface area contributed by atoms with Gasteiger partial charge in [0.15, 0.2) is 6.61 Å². The number of hydrogen-bond donors (Lipinski definition) is 2. The SMILES string of the molecule is CC(=O)OCC1=NC2C(O1)N(O)C2C(C(=O)O)=C(C)C. The second-order valence-electron chi connectivity index (χ2n) is 4.85. The molecule has 2 aliphatic heterocycles. The lowest BCUT2D eigenvalue weighted by Gasteiger charge is -2.44. The predicted octanol–water partition coefficient (Wildman–Crippen LogP) is 0.167. The largest absolute Gasteiger partial charge is 0.478 e. The van der Waals surface area contributed by atoms with Gasteiger partial charge in [-0.1, -0.05) is 5.57 Å². The summed E-state index contributed by atoms with van der Waals surface area (Å²) in [5, 5.41) is 19.9. The first-order chi connectivity index (χ1) is 9.32. The number of fused-ring (bicyclic) bond motifs is 1. The number of carbonyl (C=O) groups is 2. The summed E-state index contributed by atoms with van der Waals surface area (Å²) in [6.07, 6.45) is -0.723. The Morgan fingerprint density at radius 1 is 1.40 bits per heavy atom. The van der Waals surface area contributed by atoms with Crippen LogP contribution in [0.4, 0.5) is 0 Å². The van der Waals surface area contributed by atoms with Crippen LogP contribution in [0.5, 0.6) is 0 Å². The zero-order valence-electron chi connectivity index (χ0n) is 11.4. The standard InChI is InChI=1S/C12H16N2O6/c1-5(2)8(12(16)17)10-9-11(14(10)18)20-7(13-9)4-19-6(3)15/h9-11,18H,4H2,1-3H3,(H,16,17). The van der Waals surface area contributed by atoms with Crippen LogP contribution in [-0.4, -0.2) is 58.1 Å². The number of carboxylic acids is 1. The highest BCUT2D eigenvalue weighted by Gasteiger charge is 2.57. The van der Waals surface area contributed by atoms with Crippen molar-refractivity contribution in [2.75, 3.05) is 6.61 Å². The molecular formula is C12H16N2O6. The quantitative estimate of drug-likeness (QED) is 0.559. The number of allylic oxidation sites excluding steroid dienone is 1. The fourth-order valence-electron chi connectivity index (χ4n) is 2.29. The molecule has 2 rings (SSSR count). The molecule has 3 unspecified atom stereocenters. The number of esters is 1. The van der Waals surface area contributed by atoms with Crippen LogP contribution in [0.15, 0.2) is 16.1 Å². The fraction of sp³-hybridized carbons (Fsp3) is 0.583. The minimum atomic E-state index is -1.10. The van der Waals surface area contributed by atoms with E-state index in [-0.39, 0.29) is 18.1 Å². The Hall–Kier alpha value is -1.93. The van der Waals surface area contributed by atoms with Gasteiger partial charge in [-0.2, -0.15) is 0 Å². The molecule has 8 nitrogen and oxygen atoms in total. The lowest BCUT2D eigenvalue weighted by Crippen LogP contribution is -2.65. The van der Waals surface area contributed by atoms with E-state index in [9.17, 15) is 19.9 Å². The Kier molecular flexibility index (Phi) is 3.78. The molecule has 0 aromatic carbocycles. The van der Waals surface area contributed by atoms with Crippen LogP contribution in [0, 0.1) is 0 Å². The number of aliphatic carboxylic acids is 1. The van der Waals surface area contributed by atoms with E-state index in [2.05, 4.69) is 4.99 Å². The highest BCUT2D eigenvalue weighted by molar-refractivity contribution is 5.90. The van der Waals surface area contributed by atoms with Crippen molar-refractivity contribution in [3.63, 3.8) is 0 Å². The molecule has 0 radical (unpaired) electrons. The van der Waals surface area contributed by atoms with Crippen LogP contribution < -0.4 is 0 Å². The molecule has 20 heavy (non-hydrogen) atoms. The lowest BCUT2D eigenvalue weighted by molar-refractivity contribution is -0.275. The van der Waals surface area contributed by atoms with Crippen LogP contribution in [-0.2, 0) is 19.1 Å². The predicted molar refractivity (Wildman–Crippen MR) is 66.2 cm³/mol. The smallest absolute Gasteiger partial charge is 0.333 e. The zero-order chi connectivity index (χ0) is 15.0. The first-order valence-electron chi connectivity index (χ1n) is 6.07. The molecule has 0 spiro atoms. The van der Waals surface area contributed by atoms with E-state index in [0.717, 1.165) is 5.06 Å². The molecule has 110 valence electrons. The molecule has 1 saturated heterocycles. The van der Waals surface area contributed by atoms with E-state index in [0.29, 0.717) is 5.57 Å². The monoisotopic (exact) mass is 284 g/mol. The highest BCUT2D eigenvalue weighted by Crippen LogP contribution is 2.37. The second kappa shape index (κ2) is 5.22. The minimum Gasteiger partial charge on any atom is -0.478 e. The van der Waals surface area contributed by atoms with Gasteiger partial charge in [-0.05, 0) is 13.8 Å². The molecule has 0 aliphatic carbocycles. The summed E-state index contributed by atoms with van der Waals surface area (Å²) in [5.41, 5.74) is 0.679. The van der Waals surface area contributed by atoms with Gasteiger partial charge in [0.2, 0.25) is 12.1 Å². The maximum Gasteiger partial charge on any atom is 0.333 e. The molecular weight excluding hydrogens is 268 g/mol. The third-order valence-corrected chi connectivity index (χ3v) is 3.17. The Bertz CT molecular complexity index is 508. The summed E-state index contributed by atoms with van der Waals surface area (Å²) < 4.78 is 10.0. The van der Waals surface area contributed by atoms with Gasteiger partial charge in [-0.25, -0.2) is 9.79 Å². The first kappa shape index (κ1) is 14.5. The van der Waals surface area contributed by atoms with Gasteiger partial charge >= 0.3 is 11.9 Å². The van der Waals surface area contributed by atoms with Crippen LogP contribution in [0.3, 0.4) is 0 Å². The number of hydroxylamine groups is 2. The summed E-state index contributed by atoms with van der Waals surface area (Å²) in [6.45, 7) is 4.45. The summed E-state index contributed by atoms with van der Waals surface area (Å²) in [6, 6.07) is -1.26. The molecule has 8 heteroatoms. The number of nitrogens with zero attached hydrogens (tertiary/aromatic N) is 2. The summed E-state index contributed by atoms with van der Waals surface area (Å²) >= 11 is 0. The molecule has 2 heterocycles. The van der Waals surface area contributed by atoms with Crippen molar-refractivity contribution < 1.29 is 29.4 Å². The van der Waals surface area contributed by atoms with Crippen molar-refractivity contribution in [1.29, 1.82) is 0 Å². The maximum atomic E-state index is 11.3. The van der Waals surface area contributed by atoms with Gasteiger partial charge < -0.3 is 19.8 Å². The van der Waals surface area contributed by atoms with Gasteiger partial charge in [-0.3, -0.25) is 4.79 Å². The molecule has 0 aromatic heterocycles. The van der Waals surface area contributed by atoms with E-state index in [1.807, 2.05) is 0 Å². The molecule has 0 aromatic rings. The molecule has 0 bridgehead atoms. The van der Waals surface area contributed by atoms with E-state index in [4.69, 9.17) is 9.47 Å². The zero-order valence-corrected chi connectivity index (χ0v) is 11.4. The Balaban J connectivity index is 2.14. The molecule has 3 atom stereocenters. The number of rotatable bonds is 4.